The fourth-order valence-corrected chi connectivity index (χ4v) is 4.08. The normalized spacial score (nSPS) is 12.1. The van der Waals surface area contributed by atoms with E-state index in [0.29, 0.717) is 0 Å². The summed E-state index contributed by atoms with van der Waals surface area (Å²) in [7, 11) is 2.15. The lowest BCUT2D eigenvalue weighted by Crippen LogP contribution is -1.91. The van der Waals surface area contributed by atoms with E-state index in [0.717, 1.165) is 11.2 Å². The van der Waals surface area contributed by atoms with Crippen molar-refractivity contribution in [3.8, 4) is 0 Å². The number of rotatable bonds is 0. The number of aromatic nitrogens is 1. The average Bonchev–Trinajstić information content (AvgIpc) is 3.05. The van der Waals surface area contributed by atoms with Crippen molar-refractivity contribution in [2.24, 2.45) is 7.05 Å². The Balaban J connectivity index is 2.19. The number of hydrogen-bond donors (Lipinski definition) is 0. The van der Waals surface area contributed by atoms with Crippen LogP contribution in [0.5, 0.6) is 0 Å². The van der Waals surface area contributed by atoms with Crippen molar-refractivity contribution in [2.45, 2.75) is 13.8 Å². The largest absolute Gasteiger partial charge is 0.455 e. The van der Waals surface area contributed by atoms with Crippen LogP contribution in [0.3, 0.4) is 0 Å². The number of nitrogens with zero attached hydrogens (tertiary/aromatic N) is 1. The van der Waals surface area contributed by atoms with Gasteiger partial charge < -0.3 is 8.98 Å². The summed E-state index contributed by atoms with van der Waals surface area (Å²) in [5.74, 6) is 0. The highest BCUT2D eigenvalue weighted by Gasteiger charge is 2.18. The molecule has 0 aliphatic rings. The lowest BCUT2D eigenvalue weighted by Gasteiger charge is -2.03. The van der Waals surface area contributed by atoms with Crippen molar-refractivity contribution in [3.63, 3.8) is 0 Å². The summed E-state index contributed by atoms with van der Waals surface area (Å²) in [4.78, 5) is 0. The van der Waals surface area contributed by atoms with Crippen LogP contribution in [-0.4, -0.2) is 4.57 Å². The predicted molar refractivity (Wildman–Crippen MR) is 97.2 cm³/mol. The molecule has 23 heavy (non-hydrogen) atoms. The zero-order valence-corrected chi connectivity index (χ0v) is 13.5. The van der Waals surface area contributed by atoms with Gasteiger partial charge in [0.25, 0.3) is 0 Å². The standard InChI is InChI=1S/C21H17NO/c1-12-7-6-9-15-18-20(22(3)19(12)15)13(2)11-16-14-8-4-5-10-17(14)23-21(16)18/h4-11H,1-3H3. The fraction of sp³-hybridized carbons (Fsp3) is 0.143. The van der Waals surface area contributed by atoms with Crippen LogP contribution in [0.4, 0.5) is 0 Å². The minimum Gasteiger partial charge on any atom is -0.455 e. The van der Waals surface area contributed by atoms with Gasteiger partial charge in [0.15, 0.2) is 0 Å². The third-order valence-electron chi connectivity index (χ3n) is 5.01. The first kappa shape index (κ1) is 12.8. The first-order chi connectivity index (χ1) is 11.2. The molecular formula is C21H17NO. The summed E-state index contributed by atoms with van der Waals surface area (Å²) in [6.45, 7) is 4.37. The average molecular weight is 299 g/mol. The minimum absolute atomic E-state index is 0.957. The monoisotopic (exact) mass is 299 g/mol. The summed E-state index contributed by atoms with van der Waals surface area (Å²) < 4.78 is 8.58. The molecule has 2 aromatic heterocycles. The van der Waals surface area contributed by atoms with Crippen molar-refractivity contribution in [1.29, 1.82) is 0 Å². The number of furan rings is 1. The van der Waals surface area contributed by atoms with Gasteiger partial charge in [-0.1, -0.05) is 36.4 Å². The van der Waals surface area contributed by atoms with Crippen LogP contribution in [0.15, 0.2) is 52.9 Å². The minimum atomic E-state index is 0.957. The van der Waals surface area contributed by atoms with Gasteiger partial charge in [-0.05, 0) is 37.1 Å². The molecule has 0 saturated heterocycles. The SMILES string of the molecule is Cc1cccc2c3c4oc5ccccc5c4cc(C)c3n(C)c12. The third kappa shape index (κ3) is 1.48. The van der Waals surface area contributed by atoms with Gasteiger partial charge in [0, 0.05) is 23.2 Å². The lowest BCUT2D eigenvalue weighted by atomic mass is 10.0. The van der Waals surface area contributed by atoms with Gasteiger partial charge in [-0.15, -0.1) is 0 Å². The highest BCUT2D eigenvalue weighted by atomic mass is 16.3. The Bertz CT molecular complexity index is 1240. The number of hydrogen-bond acceptors (Lipinski definition) is 1. The van der Waals surface area contributed by atoms with Gasteiger partial charge >= 0.3 is 0 Å². The molecule has 0 amide bonds. The van der Waals surface area contributed by atoms with Gasteiger partial charge in [0.1, 0.15) is 11.2 Å². The number of aryl methyl sites for hydroxylation is 3. The van der Waals surface area contributed by atoms with Crippen LogP contribution in [0.2, 0.25) is 0 Å². The molecule has 2 nitrogen and oxygen atoms in total. The first-order valence-electron chi connectivity index (χ1n) is 7.95. The van der Waals surface area contributed by atoms with Crippen molar-refractivity contribution in [3.05, 3.63) is 59.7 Å². The van der Waals surface area contributed by atoms with E-state index in [-0.39, 0.29) is 0 Å². The molecule has 0 radical (unpaired) electrons. The van der Waals surface area contributed by atoms with Crippen LogP contribution in [0, 0.1) is 13.8 Å². The first-order valence-corrected chi connectivity index (χ1v) is 7.95. The van der Waals surface area contributed by atoms with Crippen molar-refractivity contribution >= 4 is 43.7 Å². The molecule has 0 unspecified atom stereocenters. The van der Waals surface area contributed by atoms with E-state index in [4.69, 9.17) is 4.42 Å². The molecule has 0 bridgehead atoms. The highest BCUT2D eigenvalue weighted by molar-refractivity contribution is 6.24. The number of benzene rings is 3. The maximum atomic E-state index is 6.27. The molecule has 112 valence electrons. The molecule has 0 N–H and O–H groups in total. The molecule has 0 spiro atoms. The summed E-state index contributed by atoms with van der Waals surface area (Å²) >= 11 is 0. The second-order valence-electron chi connectivity index (χ2n) is 6.42. The fourth-order valence-electron chi connectivity index (χ4n) is 4.08. The molecule has 2 heterocycles. The third-order valence-corrected chi connectivity index (χ3v) is 5.01. The highest BCUT2D eigenvalue weighted by Crippen LogP contribution is 2.40. The zero-order chi connectivity index (χ0) is 15.7. The molecule has 3 aromatic carbocycles. The molecule has 0 saturated carbocycles. The van der Waals surface area contributed by atoms with Crippen LogP contribution in [0.1, 0.15) is 11.1 Å². The van der Waals surface area contributed by atoms with Gasteiger partial charge in [0.05, 0.1) is 16.4 Å². The Hall–Kier alpha value is -2.74. The van der Waals surface area contributed by atoms with E-state index in [1.165, 1.54) is 43.7 Å². The topological polar surface area (TPSA) is 18.1 Å². The summed E-state index contributed by atoms with van der Waals surface area (Å²) in [5, 5.41) is 4.91. The van der Waals surface area contributed by atoms with Crippen molar-refractivity contribution < 1.29 is 4.42 Å². The molecule has 0 fully saturated rings. The predicted octanol–water partition coefficient (Wildman–Crippen LogP) is 5.85. The number of fused-ring (bicyclic) bond motifs is 7. The molecule has 5 rings (SSSR count). The van der Waals surface area contributed by atoms with E-state index in [9.17, 15) is 0 Å². The van der Waals surface area contributed by atoms with Crippen LogP contribution in [-0.2, 0) is 7.05 Å². The van der Waals surface area contributed by atoms with Gasteiger partial charge in [-0.3, -0.25) is 0 Å². The smallest absolute Gasteiger partial charge is 0.145 e. The van der Waals surface area contributed by atoms with Gasteiger partial charge in [0.2, 0.25) is 0 Å². The molecule has 0 atom stereocenters. The van der Waals surface area contributed by atoms with E-state index < -0.39 is 0 Å². The van der Waals surface area contributed by atoms with E-state index in [1.54, 1.807) is 0 Å². The Morgan fingerprint density at radius 3 is 2.43 bits per heavy atom. The van der Waals surface area contributed by atoms with Crippen LogP contribution in [0.25, 0.3) is 43.7 Å². The molecule has 2 heteroatoms. The molecule has 0 aliphatic carbocycles. The second kappa shape index (κ2) is 4.17. The number of para-hydroxylation sites is 2. The molecule has 5 aromatic rings. The maximum absolute atomic E-state index is 6.27. The Morgan fingerprint density at radius 1 is 0.783 bits per heavy atom. The Kier molecular flexibility index (Phi) is 2.31. The molecule has 0 aliphatic heterocycles. The zero-order valence-electron chi connectivity index (χ0n) is 13.5. The van der Waals surface area contributed by atoms with E-state index >= 15 is 0 Å². The Labute approximate surface area is 133 Å². The van der Waals surface area contributed by atoms with Crippen molar-refractivity contribution in [2.75, 3.05) is 0 Å². The summed E-state index contributed by atoms with van der Waals surface area (Å²) in [6.07, 6.45) is 0. The van der Waals surface area contributed by atoms with Crippen molar-refractivity contribution in [1.82, 2.24) is 4.57 Å². The van der Waals surface area contributed by atoms with Crippen LogP contribution < -0.4 is 0 Å². The van der Waals surface area contributed by atoms with Gasteiger partial charge in [-0.2, -0.15) is 0 Å². The summed E-state index contributed by atoms with van der Waals surface area (Å²) in [5.41, 5.74) is 7.10. The second-order valence-corrected chi connectivity index (χ2v) is 6.42. The maximum Gasteiger partial charge on any atom is 0.145 e. The van der Waals surface area contributed by atoms with Crippen LogP contribution >= 0.6 is 0 Å². The van der Waals surface area contributed by atoms with E-state index in [1.807, 2.05) is 12.1 Å². The summed E-state index contributed by atoms with van der Waals surface area (Å²) in [6, 6.07) is 17.1. The lowest BCUT2D eigenvalue weighted by molar-refractivity contribution is 0.673. The quantitative estimate of drug-likeness (QED) is 0.351. The molecular weight excluding hydrogens is 282 g/mol. The Morgan fingerprint density at radius 2 is 1.57 bits per heavy atom. The van der Waals surface area contributed by atoms with Gasteiger partial charge in [-0.25, -0.2) is 0 Å². The van der Waals surface area contributed by atoms with E-state index in [2.05, 4.69) is 61.9 Å².